The molecule has 85 valence electrons. The molecule has 0 spiro atoms. The molecule has 0 aliphatic heterocycles. The first-order chi connectivity index (χ1) is 6.91. The highest BCUT2D eigenvalue weighted by molar-refractivity contribution is 4.40. The van der Waals surface area contributed by atoms with Crippen molar-refractivity contribution in [3.63, 3.8) is 0 Å². The molecule has 0 saturated carbocycles. The molecule has 0 rings (SSSR count). The molecule has 0 N–H and O–H groups in total. The second-order valence-corrected chi connectivity index (χ2v) is 3.34. The summed E-state index contributed by atoms with van der Waals surface area (Å²) in [7, 11) is 0. The van der Waals surface area contributed by atoms with Crippen LogP contribution in [0.25, 0.3) is 0 Å². The Morgan fingerprint density at radius 1 is 0.786 bits per heavy atom. The van der Waals surface area contributed by atoms with Gasteiger partial charge < -0.3 is 9.47 Å². The summed E-state index contributed by atoms with van der Waals surface area (Å²) in [5.41, 5.74) is 0. The van der Waals surface area contributed by atoms with Gasteiger partial charge in [-0.3, -0.25) is 0 Å². The van der Waals surface area contributed by atoms with Gasteiger partial charge in [0.1, 0.15) is 0 Å². The van der Waals surface area contributed by atoms with Crippen LogP contribution in [0.3, 0.4) is 0 Å². The lowest BCUT2D eigenvalue weighted by atomic mass is 10.2. The molecule has 1 radical (unpaired) electrons. The second-order valence-electron chi connectivity index (χ2n) is 3.34. The molecule has 3 heteroatoms. The first-order valence-corrected chi connectivity index (χ1v) is 5.65. The fraction of sp³-hybridized carbons (Fsp3) is 1.00. The summed E-state index contributed by atoms with van der Waals surface area (Å²) in [5.74, 6) is 0. The van der Waals surface area contributed by atoms with E-state index >= 15 is 0 Å². The minimum absolute atomic E-state index is 0.0465. The quantitative estimate of drug-likeness (QED) is 0.484. The molecule has 0 atom stereocenters. The Kier molecular flexibility index (Phi) is 12.8. The fourth-order valence-electron chi connectivity index (χ4n) is 1.09. The molecule has 0 heterocycles. The Morgan fingerprint density at radius 2 is 1.43 bits per heavy atom. The van der Waals surface area contributed by atoms with Crippen molar-refractivity contribution in [3.8, 4) is 0 Å². The zero-order valence-corrected chi connectivity index (χ0v) is 9.30. The molecular formula is C11H23O3. The van der Waals surface area contributed by atoms with Gasteiger partial charge in [0.15, 0.2) is 0 Å². The topological polar surface area (TPSA) is 38.4 Å². The highest BCUT2D eigenvalue weighted by atomic mass is 16.5. The molecule has 0 bridgehead atoms. The van der Waals surface area contributed by atoms with Crippen molar-refractivity contribution in [1.29, 1.82) is 0 Å². The van der Waals surface area contributed by atoms with E-state index in [2.05, 4.69) is 6.92 Å². The van der Waals surface area contributed by atoms with E-state index < -0.39 is 0 Å². The first kappa shape index (κ1) is 13.9. The zero-order valence-electron chi connectivity index (χ0n) is 9.30. The average molecular weight is 203 g/mol. The van der Waals surface area contributed by atoms with Gasteiger partial charge in [-0.2, -0.15) is 0 Å². The van der Waals surface area contributed by atoms with Crippen LogP contribution in [0.5, 0.6) is 0 Å². The van der Waals surface area contributed by atoms with Gasteiger partial charge in [0, 0.05) is 26.4 Å². The molecule has 0 saturated heterocycles. The standard InChI is InChI=1S/C11H23O3/c1-2-8-13-10-6-11-14-9-5-3-4-7-12/h2-11H2,1H3. The lowest BCUT2D eigenvalue weighted by Crippen LogP contribution is -2.02. The minimum atomic E-state index is 0.0465. The lowest BCUT2D eigenvalue weighted by Gasteiger charge is -2.04. The Bertz CT molecular complexity index is 84.5. The maximum atomic E-state index is 10.1. The van der Waals surface area contributed by atoms with Gasteiger partial charge >= 0.3 is 0 Å². The van der Waals surface area contributed by atoms with E-state index in [4.69, 9.17) is 9.47 Å². The van der Waals surface area contributed by atoms with Crippen LogP contribution in [0.4, 0.5) is 0 Å². The van der Waals surface area contributed by atoms with Gasteiger partial charge in [0.05, 0.1) is 6.61 Å². The van der Waals surface area contributed by atoms with Gasteiger partial charge in [-0.25, -0.2) is 5.11 Å². The largest absolute Gasteiger partial charge is 0.381 e. The van der Waals surface area contributed by atoms with Crippen LogP contribution in [-0.2, 0) is 14.6 Å². The maximum Gasteiger partial charge on any atom is 0.0822 e. The van der Waals surface area contributed by atoms with Crippen molar-refractivity contribution in [2.24, 2.45) is 0 Å². The predicted molar refractivity (Wildman–Crippen MR) is 56.0 cm³/mol. The molecule has 14 heavy (non-hydrogen) atoms. The predicted octanol–water partition coefficient (Wildman–Crippen LogP) is 2.42. The highest BCUT2D eigenvalue weighted by Gasteiger charge is 1.91. The second kappa shape index (κ2) is 12.9. The molecule has 0 fully saturated rings. The molecule has 0 aromatic rings. The zero-order chi connectivity index (χ0) is 10.5. The smallest absolute Gasteiger partial charge is 0.0822 e. The van der Waals surface area contributed by atoms with Crippen molar-refractivity contribution in [2.45, 2.75) is 39.0 Å². The normalized spacial score (nSPS) is 10.7. The Balaban J connectivity index is 2.78. The van der Waals surface area contributed by atoms with E-state index in [0.29, 0.717) is 0 Å². The molecule has 0 aromatic heterocycles. The number of rotatable bonds is 11. The van der Waals surface area contributed by atoms with Crippen LogP contribution in [-0.4, -0.2) is 33.0 Å². The van der Waals surface area contributed by atoms with Crippen molar-refractivity contribution >= 4 is 0 Å². The van der Waals surface area contributed by atoms with E-state index in [1.165, 1.54) is 0 Å². The van der Waals surface area contributed by atoms with Crippen LogP contribution in [0.2, 0.25) is 0 Å². The molecule has 0 amide bonds. The van der Waals surface area contributed by atoms with E-state index in [0.717, 1.165) is 58.5 Å². The molecule has 0 aromatic carbocycles. The molecule has 0 aliphatic carbocycles. The summed E-state index contributed by atoms with van der Waals surface area (Å²) < 4.78 is 10.7. The van der Waals surface area contributed by atoms with Crippen LogP contribution in [0, 0.1) is 0 Å². The third kappa shape index (κ3) is 11.9. The highest BCUT2D eigenvalue weighted by Crippen LogP contribution is 1.95. The van der Waals surface area contributed by atoms with E-state index in [1.54, 1.807) is 0 Å². The van der Waals surface area contributed by atoms with Crippen molar-refractivity contribution in [3.05, 3.63) is 0 Å². The Morgan fingerprint density at radius 3 is 2.07 bits per heavy atom. The SMILES string of the molecule is CCCOCCCOCCCCC[O]. The van der Waals surface area contributed by atoms with E-state index in [-0.39, 0.29) is 6.61 Å². The third-order valence-corrected chi connectivity index (χ3v) is 1.86. The summed E-state index contributed by atoms with van der Waals surface area (Å²) in [6.07, 6.45) is 4.84. The van der Waals surface area contributed by atoms with E-state index in [1.807, 2.05) is 0 Å². The fourth-order valence-corrected chi connectivity index (χ4v) is 1.09. The maximum absolute atomic E-state index is 10.1. The Hall–Kier alpha value is -0.120. The monoisotopic (exact) mass is 203 g/mol. The molecule has 0 aliphatic rings. The van der Waals surface area contributed by atoms with Crippen LogP contribution in [0.1, 0.15) is 39.0 Å². The summed E-state index contributed by atoms with van der Waals surface area (Å²) in [6.45, 7) is 5.37. The molecular weight excluding hydrogens is 180 g/mol. The van der Waals surface area contributed by atoms with Gasteiger partial charge in [0.25, 0.3) is 0 Å². The van der Waals surface area contributed by atoms with Gasteiger partial charge in [-0.15, -0.1) is 0 Å². The minimum Gasteiger partial charge on any atom is -0.381 e. The molecule has 0 unspecified atom stereocenters. The summed E-state index contributed by atoms with van der Waals surface area (Å²) in [4.78, 5) is 0. The van der Waals surface area contributed by atoms with Crippen LogP contribution in [0.15, 0.2) is 0 Å². The number of hydrogen-bond donors (Lipinski definition) is 0. The number of unbranched alkanes of at least 4 members (excludes halogenated alkanes) is 2. The van der Waals surface area contributed by atoms with Crippen LogP contribution >= 0.6 is 0 Å². The summed E-state index contributed by atoms with van der Waals surface area (Å²) in [6, 6.07) is 0. The van der Waals surface area contributed by atoms with Crippen molar-refractivity contribution in [1.82, 2.24) is 0 Å². The van der Waals surface area contributed by atoms with Gasteiger partial charge in [-0.1, -0.05) is 6.92 Å². The lowest BCUT2D eigenvalue weighted by molar-refractivity contribution is 0.0804. The van der Waals surface area contributed by atoms with Crippen molar-refractivity contribution < 1.29 is 14.6 Å². The first-order valence-electron chi connectivity index (χ1n) is 5.65. The summed E-state index contributed by atoms with van der Waals surface area (Å²) >= 11 is 0. The number of ether oxygens (including phenoxy) is 2. The molecule has 3 nitrogen and oxygen atoms in total. The van der Waals surface area contributed by atoms with Crippen LogP contribution < -0.4 is 0 Å². The van der Waals surface area contributed by atoms with E-state index in [9.17, 15) is 5.11 Å². The third-order valence-electron chi connectivity index (χ3n) is 1.86. The van der Waals surface area contributed by atoms with Crippen molar-refractivity contribution in [2.75, 3.05) is 33.0 Å². The van der Waals surface area contributed by atoms with Gasteiger partial charge in [-0.05, 0) is 32.1 Å². The summed E-state index contributed by atoms with van der Waals surface area (Å²) in [5, 5.41) is 10.1. The number of hydrogen-bond acceptors (Lipinski definition) is 2. The van der Waals surface area contributed by atoms with Gasteiger partial charge in [0.2, 0.25) is 0 Å². The average Bonchev–Trinajstić information content (AvgIpc) is 2.21. The Labute approximate surface area is 87.4 Å².